The lowest BCUT2D eigenvalue weighted by atomic mass is 10.1. The number of amides is 1. The second-order valence-corrected chi connectivity index (χ2v) is 4.55. The van der Waals surface area contributed by atoms with Crippen molar-refractivity contribution < 1.29 is 18.3 Å². The van der Waals surface area contributed by atoms with Crippen molar-refractivity contribution >= 4 is 17.5 Å². The molecule has 0 fully saturated rings. The summed E-state index contributed by atoms with van der Waals surface area (Å²) in [5, 5.41) is 2.76. The molecule has 0 spiro atoms. The van der Waals surface area contributed by atoms with E-state index in [1.54, 1.807) is 26.0 Å². The molecule has 1 aromatic carbocycles. The Bertz CT molecular complexity index is 429. The van der Waals surface area contributed by atoms with E-state index in [-0.39, 0.29) is 29.5 Å². The number of nitrogens with one attached hydrogen (secondary N) is 1. The lowest BCUT2D eigenvalue weighted by molar-refractivity contribution is -0.124. The highest BCUT2D eigenvalue weighted by atomic mass is 35.5. The third kappa shape index (κ3) is 5.03. The number of benzene rings is 1. The Morgan fingerprint density at radius 1 is 1.42 bits per heavy atom. The van der Waals surface area contributed by atoms with Crippen molar-refractivity contribution in [2.45, 2.75) is 26.5 Å². The van der Waals surface area contributed by atoms with Crippen molar-refractivity contribution in [1.29, 1.82) is 0 Å². The second kappa shape index (κ2) is 7.28. The molecule has 2 unspecified atom stereocenters. The molecule has 0 aliphatic rings. The van der Waals surface area contributed by atoms with Crippen molar-refractivity contribution in [3.05, 3.63) is 29.8 Å². The summed E-state index contributed by atoms with van der Waals surface area (Å²) in [6.45, 7) is 0.613. The highest BCUT2D eigenvalue weighted by molar-refractivity contribution is 6.19. The summed E-state index contributed by atoms with van der Waals surface area (Å²) < 4.78 is 28.5. The van der Waals surface area contributed by atoms with Gasteiger partial charge in [-0.25, -0.2) is 0 Å². The highest BCUT2D eigenvalue weighted by Crippen LogP contribution is 2.21. The molecule has 0 saturated heterocycles. The van der Waals surface area contributed by atoms with E-state index < -0.39 is 6.61 Å². The molecule has 6 heteroatoms. The fourth-order valence-corrected chi connectivity index (χ4v) is 1.61. The average Bonchev–Trinajstić information content (AvgIpc) is 2.37. The predicted molar refractivity (Wildman–Crippen MR) is 69.5 cm³/mol. The molecule has 0 aliphatic heterocycles. The molecule has 0 saturated carbocycles. The van der Waals surface area contributed by atoms with Gasteiger partial charge in [-0.3, -0.25) is 4.79 Å². The van der Waals surface area contributed by atoms with Gasteiger partial charge < -0.3 is 10.1 Å². The quantitative estimate of drug-likeness (QED) is 0.816. The summed E-state index contributed by atoms with van der Waals surface area (Å²) in [7, 11) is 0. The van der Waals surface area contributed by atoms with Crippen LogP contribution in [0.2, 0.25) is 0 Å². The molecule has 19 heavy (non-hydrogen) atoms. The van der Waals surface area contributed by atoms with Crippen LogP contribution in [0.5, 0.6) is 5.75 Å². The molecule has 2 atom stereocenters. The van der Waals surface area contributed by atoms with Gasteiger partial charge in [-0.1, -0.05) is 19.1 Å². The van der Waals surface area contributed by atoms with Gasteiger partial charge in [0.15, 0.2) is 0 Å². The van der Waals surface area contributed by atoms with Gasteiger partial charge in [0.1, 0.15) is 5.75 Å². The lowest BCUT2D eigenvalue weighted by Crippen LogP contribution is -2.32. The van der Waals surface area contributed by atoms with Gasteiger partial charge in [0, 0.05) is 11.8 Å². The maximum atomic E-state index is 12.1. The van der Waals surface area contributed by atoms with E-state index in [0.717, 1.165) is 0 Å². The van der Waals surface area contributed by atoms with Gasteiger partial charge in [0.2, 0.25) is 5.91 Å². The van der Waals surface area contributed by atoms with Gasteiger partial charge in [-0.2, -0.15) is 8.78 Å². The first kappa shape index (κ1) is 15.7. The summed E-state index contributed by atoms with van der Waals surface area (Å²) in [6.07, 6.45) is 0. The minimum Gasteiger partial charge on any atom is -0.435 e. The van der Waals surface area contributed by atoms with Crippen LogP contribution >= 0.6 is 11.6 Å². The number of ether oxygens (including phenoxy) is 1. The first-order valence-electron chi connectivity index (χ1n) is 5.85. The number of alkyl halides is 3. The summed E-state index contributed by atoms with van der Waals surface area (Å²) >= 11 is 5.59. The van der Waals surface area contributed by atoms with Gasteiger partial charge >= 0.3 is 6.61 Å². The van der Waals surface area contributed by atoms with E-state index in [4.69, 9.17) is 11.6 Å². The predicted octanol–water partition coefficient (Wildman–Crippen LogP) is 3.34. The molecule has 106 valence electrons. The molecule has 0 aliphatic carbocycles. The molecular weight excluding hydrogens is 276 g/mol. The Balaban J connectivity index is 2.71. The summed E-state index contributed by atoms with van der Waals surface area (Å²) in [5.74, 6) is -0.182. The zero-order valence-electron chi connectivity index (χ0n) is 10.7. The first-order valence-corrected chi connectivity index (χ1v) is 6.38. The van der Waals surface area contributed by atoms with Crippen LogP contribution in [0.25, 0.3) is 0 Å². The Hall–Kier alpha value is -1.36. The van der Waals surface area contributed by atoms with Crippen LogP contribution in [0.3, 0.4) is 0 Å². The lowest BCUT2D eigenvalue weighted by Gasteiger charge is -2.17. The molecule has 0 heterocycles. The Kier molecular flexibility index (Phi) is 6.02. The number of halogens is 3. The fourth-order valence-electron chi connectivity index (χ4n) is 1.47. The van der Waals surface area contributed by atoms with E-state index in [2.05, 4.69) is 10.1 Å². The normalized spacial score (nSPS) is 14.0. The number of carbonyl (C=O) groups excluding carboxylic acids is 1. The molecule has 1 aromatic rings. The molecule has 0 radical (unpaired) electrons. The zero-order chi connectivity index (χ0) is 14.4. The summed E-state index contributed by atoms with van der Waals surface area (Å²) in [4.78, 5) is 11.7. The molecule has 0 bridgehead atoms. The summed E-state index contributed by atoms with van der Waals surface area (Å²) in [5.41, 5.74) is 0.688. The number of carbonyl (C=O) groups is 1. The fraction of sp³-hybridized carbons (Fsp3) is 0.462. The van der Waals surface area contributed by atoms with Gasteiger partial charge in [0.25, 0.3) is 0 Å². The maximum Gasteiger partial charge on any atom is 0.387 e. The minimum absolute atomic E-state index is 0.0685. The van der Waals surface area contributed by atoms with Crippen LogP contribution in [0.4, 0.5) is 8.78 Å². The third-order valence-corrected chi connectivity index (χ3v) is 3.08. The smallest absolute Gasteiger partial charge is 0.387 e. The van der Waals surface area contributed by atoms with Crippen molar-refractivity contribution in [3.63, 3.8) is 0 Å². The van der Waals surface area contributed by atoms with Crippen LogP contribution < -0.4 is 10.1 Å². The molecule has 1 N–H and O–H groups in total. The standard InChI is InChI=1S/C13H16ClF2NO2/c1-8(7-14)12(18)17-9(2)10-4-3-5-11(6-10)19-13(15)16/h3-6,8-9,13H,7H2,1-2H3,(H,17,18). The van der Waals surface area contributed by atoms with Crippen molar-refractivity contribution in [2.24, 2.45) is 5.92 Å². The third-order valence-electron chi connectivity index (χ3n) is 2.62. The van der Waals surface area contributed by atoms with Crippen LogP contribution in [0.15, 0.2) is 24.3 Å². The maximum absolute atomic E-state index is 12.1. The van der Waals surface area contributed by atoms with Crippen LogP contribution in [-0.4, -0.2) is 18.4 Å². The van der Waals surface area contributed by atoms with Crippen LogP contribution in [0.1, 0.15) is 25.5 Å². The number of hydrogen-bond acceptors (Lipinski definition) is 2. The second-order valence-electron chi connectivity index (χ2n) is 4.24. The first-order chi connectivity index (χ1) is 8.93. The number of hydrogen-bond donors (Lipinski definition) is 1. The Labute approximate surface area is 115 Å². The monoisotopic (exact) mass is 291 g/mol. The van der Waals surface area contributed by atoms with Crippen molar-refractivity contribution in [1.82, 2.24) is 5.32 Å². The average molecular weight is 292 g/mol. The molecule has 3 nitrogen and oxygen atoms in total. The Morgan fingerprint density at radius 2 is 2.11 bits per heavy atom. The molecule has 0 aromatic heterocycles. The van der Waals surface area contributed by atoms with Gasteiger partial charge in [-0.05, 0) is 24.6 Å². The largest absolute Gasteiger partial charge is 0.435 e. The van der Waals surface area contributed by atoms with Crippen LogP contribution in [-0.2, 0) is 4.79 Å². The SMILES string of the molecule is CC(CCl)C(=O)NC(C)c1cccc(OC(F)F)c1. The van der Waals surface area contributed by atoms with Crippen molar-refractivity contribution in [3.8, 4) is 5.75 Å². The Morgan fingerprint density at radius 3 is 2.68 bits per heavy atom. The molecular formula is C13H16ClF2NO2. The van der Waals surface area contributed by atoms with E-state index in [1.807, 2.05) is 0 Å². The highest BCUT2D eigenvalue weighted by Gasteiger charge is 2.15. The molecule has 1 amide bonds. The minimum atomic E-state index is -2.86. The van der Waals surface area contributed by atoms with E-state index in [1.165, 1.54) is 12.1 Å². The molecule has 1 rings (SSSR count). The zero-order valence-corrected chi connectivity index (χ0v) is 11.5. The van der Waals surface area contributed by atoms with Gasteiger partial charge in [-0.15, -0.1) is 11.6 Å². The van der Waals surface area contributed by atoms with E-state index >= 15 is 0 Å². The van der Waals surface area contributed by atoms with E-state index in [9.17, 15) is 13.6 Å². The van der Waals surface area contributed by atoms with Crippen molar-refractivity contribution in [2.75, 3.05) is 5.88 Å². The summed E-state index contributed by atoms with van der Waals surface area (Å²) in [6, 6.07) is 5.93. The van der Waals surface area contributed by atoms with E-state index in [0.29, 0.717) is 5.56 Å². The van der Waals surface area contributed by atoms with Gasteiger partial charge in [0.05, 0.1) is 6.04 Å². The number of rotatable bonds is 6. The van der Waals surface area contributed by atoms with Crippen LogP contribution in [0, 0.1) is 5.92 Å². The topological polar surface area (TPSA) is 38.3 Å².